The molecule has 266 valence electrons. The largest absolute Gasteiger partial charge is 0.456 e. The van der Waals surface area contributed by atoms with E-state index >= 15 is 0 Å². The highest BCUT2D eigenvalue weighted by Gasteiger charge is 2.60. The van der Waals surface area contributed by atoms with E-state index in [4.69, 9.17) is 14.3 Å². The molecular formula is C32H35N5O12S. The zero-order valence-electron chi connectivity index (χ0n) is 27.3. The molecule has 50 heavy (non-hydrogen) atoms. The minimum atomic E-state index is -0.929. The number of aliphatic hydroxyl groups is 1. The van der Waals surface area contributed by atoms with Crippen LogP contribution in [0.25, 0.3) is 0 Å². The minimum Gasteiger partial charge on any atom is -0.456 e. The number of hydrogen-bond acceptors (Lipinski definition) is 13. The summed E-state index contributed by atoms with van der Waals surface area (Å²) in [4.78, 5) is 80.5. The Morgan fingerprint density at radius 3 is 2.36 bits per heavy atom. The molecule has 3 heterocycles. The Bertz CT molecular complexity index is 1730. The molecule has 2 fully saturated rings. The smallest absolute Gasteiger partial charge is 0.410 e. The van der Waals surface area contributed by atoms with Crippen molar-refractivity contribution >= 4 is 47.0 Å². The molecule has 3 amide bonds. The molecular weight excluding hydrogens is 678 g/mol. The predicted molar refractivity (Wildman–Crippen MR) is 174 cm³/mol. The van der Waals surface area contributed by atoms with Crippen LogP contribution < -0.4 is 5.48 Å². The summed E-state index contributed by atoms with van der Waals surface area (Å²) in [7, 11) is 0. The van der Waals surface area contributed by atoms with E-state index in [0.717, 1.165) is 0 Å². The van der Waals surface area contributed by atoms with E-state index in [0.29, 0.717) is 29.0 Å². The first-order valence-corrected chi connectivity index (χ1v) is 16.5. The summed E-state index contributed by atoms with van der Waals surface area (Å²) >= 11 is 1.37. The Kier molecular flexibility index (Phi) is 11.0. The molecule has 0 aromatic heterocycles. The van der Waals surface area contributed by atoms with Crippen molar-refractivity contribution in [1.82, 2.24) is 15.3 Å². The van der Waals surface area contributed by atoms with Crippen molar-refractivity contribution in [3.05, 3.63) is 90.0 Å². The molecule has 5 rings (SSSR count). The van der Waals surface area contributed by atoms with Gasteiger partial charge in [0.1, 0.15) is 25.5 Å². The zero-order valence-corrected chi connectivity index (χ0v) is 28.1. The average Bonchev–Trinajstić information content (AvgIpc) is 3.63. The first-order chi connectivity index (χ1) is 23.8. The van der Waals surface area contributed by atoms with Crippen LogP contribution in [-0.4, -0.2) is 79.1 Å². The van der Waals surface area contributed by atoms with Gasteiger partial charge >= 0.3 is 12.1 Å². The fraction of sp³-hybridized carbons (Fsp3) is 0.438. The summed E-state index contributed by atoms with van der Waals surface area (Å²) in [6.07, 6.45) is -0.977. The Morgan fingerprint density at radius 2 is 1.72 bits per heavy atom. The maximum atomic E-state index is 13.5. The van der Waals surface area contributed by atoms with E-state index in [2.05, 4.69) is 5.48 Å². The Labute approximate surface area is 289 Å². The molecule has 0 saturated carbocycles. The van der Waals surface area contributed by atoms with Crippen LogP contribution in [0.1, 0.15) is 43.9 Å². The van der Waals surface area contributed by atoms with Gasteiger partial charge in [0, 0.05) is 54.3 Å². The number of hydroxylamine groups is 1. The van der Waals surface area contributed by atoms with Crippen LogP contribution in [0, 0.1) is 32.1 Å². The zero-order chi connectivity index (χ0) is 36.3. The minimum absolute atomic E-state index is 0.0915. The molecule has 2 aromatic carbocycles. The van der Waals surface area contributed by atoms with Gasteiger partial charge in [0.15, 0.2) is 0 Å². The molecule has 0 spiro atoms. The summed E-state index contributed by atoms with van der Waals surface area (Å²) in [6, 6.07) is 9.29. The third kappa shape index (κ3) is 7.71. The molecule has 0 aliphatic carbocycles. The number of nitrogens with zero attached hydrogens (tertiary/aromatic N) is 4. The van der Waals surface area contributed by atoms with Crippen LogP contribution in [0.2, 0.25) is 0 Å². The third-order valence-electron chi connectivity index (χ3n) is 8.66. The van der Waals surface area contributed by atoms with Gasteiger partial charge < -0.3 is 24.4 Å². The van der Waals surface area contributed by atoms with Crippen molar-refractivity contribution in [2.24, 2.45) is 11.8 Å². The molecule has 0 bridgehead atoms. The fourth-order valence-corrected chi connectivity index (χ4v) is 7.73. The van der Waals surface area contributed by atoms with E-state index in [1.807, 2.05) is 6.92 Å². The molecule has 2 N–H and O–H groups in total. The number of non-ortho nitro benzene ring substituents is 1. The highest BCUT2D eigenvalue weighted by atomic mass is 32.2. The number of esters is 1. The molecule has 18 heteroatoms. The van der Waals surface area contributed by atoms with Gasteiger partial charge in [-0.1, -0.05) is 6.92 Å². The Morgan fingerprint density at radius 1 is 1.04 bits per heavy atom. The second-order valence-electron chi connectivity index (χ2n) is 12.2. The summed E-state index contributed by atoms with van der Waals surface area (Å²) in [5.41, 5.74) is 3.04. The van der Waals surface area contributed by atoms with E-state index in [9.17, 15) is 44.5 Å². The highest BCUT2D eigenvalue weighted by molar-refractivity contribution is 8.03. The highest BCUT2D eigenvalue weighted by Crippen LogP contribution is 2.52. The van der Waals surface area contributed by atoms with Crippen molar-refractivity contribution in [1.29, 1.82) is 0 Å². The summed E-state index contributed by atoms with van der Waals surface area (Å²) in [5.74, 6) is -2.59. The number of nitro groups is 2. The Hall–Kier alpha value is -5.07. The monoisotopic (exact) mass is 713 g/mol. The van der Waals surface area contributed by atoms with E-state index in [1.54, 1.807) is 0 Å². The van der Waals surface area contributed by atoms with Gasteiger partial charge in [-0.2, -0.15) is 0 Å². The lowest BCUT2D eigenvalue weighted by Crippen LogP contribution is -2.63. The maximum absolute atomic E-state index is 13.5. The van der Waals surface area contributed by atoms with Crippen molar-refractivity contribution in [2.75, 3.05) is 13.1 Å². The number of β-lactam (4-membered cyclic amide) rings is 1. The molecule has 17 nitrogen and oxygen atoms in total. The quantitative estimate of drug-likeness (QED) is 0.132. The van der Waals surface area contributed by atoms with E-state index < -0.39 is 45.9 Å². The van der Waals surface area contributed by atoms with E-state index in [-0.39, 0.29) is 66.1 Å². The number of thioether (sulfide) groups is 1. The number of benzene rings is 2. The Balaban J connectivity index is 1.23. The molecule has 1 unspecified atom stereocenters. The molecule has 5 atom stereocenters. The number of carbonyl (C=O) groups is 4. The normalized spacial score (nSPS) is 21.7. The number of hydrogen-bond donors (Lipinski definition) is 2. The number of carbonyl (C=O) groups excluding carboxylic acids is 4. The summed E-state index contributed by atoms with van der Waals surface area (Å²) in [6.45, 7) is 4.64. The second kappa shape index (κ2) is 15.2. The van der Waals surface area contributed by atoms with Gasteiger partial charge in [-0.3, -0.25) is 34.7 Å². The van der Waals surface area contributed by atoms with Gasteiger partial charge in [-0.05, 0) is 48.7 Å². The summed E-state index contributed by atoms with van der Waals surface area (Å²) in [5, 5.41) is 32.5. The lowest BCUT2D eigenvalue weighted by atomic mass is 9.79. The van der Waals surface area contributed by atoms with Crippen molar-refractivity contribution in [3.8, 4) is 0 Å². The number of nitro benzene ring substituents is 2. The number of aliphatic hydroxyl groups excluding tert-OH is 1. The predicted octanol–water partition coefficient (Wildman–Crippen LogP) is 3.33. The van der Waals surface area contributed by atoms with Crippen molar-refractivity contribution in [2.45, 2.75) is 64.4 Å². The molecule has 3 aliphatic rings. The SMILES string of the molecule is CC(=O)NOCc1cc(COC(=O)N2CC[C@H](SC3=C(C(=O)OCc4ccc([N+](=O)[O-])cc4)N4C(=O)[C@H](C(C)O)[C@H]4[C@H]3C)C2)ccc1[N+](=O)[O-]. The standard InChI is InChI=1S/C32H35N5O12S/c1-17-27-26(18(2)38)30(40)35(27)28(31(41)47-14-20-4-7-23(8-5-20)36(43)44)29(17)50-24-10-11-34(13-24)32(42)48-15-21-6-9-25(37(45)46)22(12-21)16-49-33-19(3)39/h4-9,12,17-18,24,26-27,38H,10-11,13-16H2,1-3H3,(H,33,39)/t17-,18?,24+,26-,27-/m1/s1. The van der Waals surface area contributed by atoms with Crippen LogP contribution in [0.3, 0.4) is 0 Å². The van der Waals surface area contributed by atoms with Crippen LogP contribution in [0.15, 0.2) is 53.1 Å². The van der Waals surface area contributed by atoms with Gasteiger partial charge in [0.2, 0.25) is 11.8 Å². The van der Waals surface area contributed by atoms with Gasteiger partial charge in [0.25, 0.3) is 11.4 Å². The number of fused-ring (bicyclic) bond motifs is 1. The molecule has 3 aliphatic heterocycles. The first-order valence-electron chi connectivity index (χ1n) is 15.7. The van der Waals surface area contributed by atoms with Crippen LogP contribution >= 0.6 is 11.8 Å². The van der Waals surface area contributed by atoms with Crippen molar-refractivity contribution < 1.29 is 48.4 Å². The number of rotatable bonds is 13. The van der Waals surface area contributed by atoms with Gasteiger partial charge in [0.05, 0.1) is 33.5 Å². The van der Waals surface area contributed by atoms with Crippen LogP contribution in [0.5, 0.6) is 0 Å². The number of amides is 3. The molecule has 2 saturated heterocycles. The van der Waals surface area contributed by atoms with Crippen LogP contribution in [-0.2, 0) is 48.5 Å². The molecule has 0 radical (unpaired) electrons. The first kappa shape index (κ1) is 36.2. The number of nitrogens with one attached hydrogen (secondary N) is 1. The topological polar surface area (TPSA) is 221 Å². The average molecular weight is 714 g/mol. The van der Waals surface area contributed by atoms with Crippen molar-refractivity contribution in [3.63, 3.8) is 0 Å². The van der Waals surface area contributed by atoms with Gasteiger partial charge in [-0.15, -0.1) is 11.8 Å². The lowest BCUT2D eigenvalue weighted by Gasteiger charge is -2.46. The fourth-order valence-electron chi connectivity index (χ4n) is 6.24. The second-order valence-corrected chi connectivity index (χ2v) is 13.5. The lowest BCUT2D eigenvalue weighted by molar-refractivity contribution is -0.386. The maximum Gasteiger partial charge on any atom is 0.410 e. The third-order valence-corrected chi connectivity index (χ3v) is 10.2. The molecule has 2 aromatic rings. The van der Waals surface area contributed by atoms with Gasteiger partial charge in [-0.25, -0.2) is 15.1 Å². The summed E-state index contributed by atoms with van der Waals surface area (Å²) < 4.78 is 11.1. The van der Waals surface area contributed by atoms with Crippen LogP contribution in [0.4, 0.5) is 16.2 Å². The number of likely N-dealkylation sites (tertiary alicyclic amines) is 1. The number of ether oxygens (including phenoxy) is 2. The van der Waals surface area contributed by atoms with E-state index in [1.165, 1.54) is 77.9 Å².